The number of carbonyl (C=O) groups excluding carboxylic acids is 1. The van der Waals surface area contributed by atoms with E-state index >= 15 is 0 Å². The molecule has 1 aromatic heterocycles. The summed E-state index contributed by atoms with van der Waals surface area (Å²) in [7, 11) is 4.36. The maximum atomic E-state index is 12.6. The summed E-state index contributed by atoms with van der Waals surface area (Å²) >= 11 is 0. The maximum absolute atomic E-state index is 12.6. The van der Waals surface area contributed by atoms with Crippen molar-refractivity contribution in [3.05, 3.63) is 52.9 Å². The number of ether oxygens (including phenoxy) is 4. The van der Waals surface area contributed by atoms with E-state index in [1.165, 1.54) is 14.2 Å². The smallest absolute Gasteiger partial charge is 0.346 e. The van der Waals surface area contributed by atoms with Gasteiger partial charge in [0.25, 0.3) is 0 Å². The molecule has 0 saturated heterocycles. The second-order valence-electron chi connectivity index (χ2n) is 6.00. The molecule has 0 N–H and O–H groups in total. The third kappa shape index (κ3) is 3.78. The highest BCUT2D eigenvalue weighted by atomic mass is 16.6. The largest absolute Gasteiger partial charge is 0.497 e. The highest BCUT2D eigenvalue weighted by Gasteiger charge is 2.17. The molecular weight excluding hydrogens is 364 g/mol. The molecular formula is C21H20O7. The fourth-order valence-electron chi connectivity index (χ4n) is 2.80. The summed E-state index contributed by atoms with van der Waals surface area (Å²) in [6, 6.07) is 11.9. The van der Waals surface area contributed by atoms with Crippen molar-refractivity contribution in [1.29, 1.82) is 0 Å². The van der Waals surface area contributed by atoms with Gasteiger partial charge in [0.2, 0.25) is 0 Å². The Kier molecular flexibility index (Phi) is 5.54. The third-order valence-corrected chi connectivity index (χ3v) is 4.25. The second-order valence-corrected chi connectivity index (χ2v) is 6.00. The van der Waals surface area contributed by atoms with Crippen LogP contribution in [0.25, 0.3) is 22.1 Å². The van der Waals surface area contributed by atoms with Crippen LogP contribution in [0, 0.1) is 0 Å². The number of esters is 1. The van der Waals surface area contributed by atoms with Gasteiger partial charge in [0, 0.05) is 17.0 Å². The van der Waals surface area contributed by atoms with E-state index in [-0.39, 0.29) is 0 Å². The lowest BCUT2D eigenvalue weighted by molar-refractivity contribution is -0.147. The Labute approximate surface area is 161 Å². The molecule has 3 aromatic rings. The Balaban J connectivity index is 2.04. The number of hydrogen-bond donors (Lipinski definition) is 0. The molecule has 0 amide bonds. The van der Waals surface area contributed by atoms with Crippen molar-refractivity contribution in [1.82, 2.24) is 0 Å². The number of methoxy groups -OCH3 is 3. The standard InChI is InChI=1S/C21H20O7/c1-12(20(22)26-4)27-15-6-5-13-9-17(21(23)28-19(13)11-15)16-10-14(24-2)7-8-18(16)25-3/h5-12H,1-4H3. The molecule has 7 nitrogen and oxygen atoms in total. The Hall–Kier alpha value is -3.48. The van der Waals surface area contributed by atoms with Crippen LogP contribution < -0.4 is 19.8 Å². The van der Waals surface area contributed by atoms with Crippen LogP contribution in [0.15, 0.2) is 51.7 Å². The molecule has 0 fully saturated rings. The zero-order valence-corrected chi connectivity index (χ0v) is 16.0. The fraction of sp³-hybridized carbons (Fsp3) is 0.238. The quantitative estimate of drug-likeness (QED) is 0.476. The van der Waals surface area contributed by atoms with E-state index < -0.39 is 17.7 Å². The van der Waals surface area contributed by atoms with Gasteiger partial charge in [-0.1, -0.05) is 0 Å². The Bertz CT molecular complexity index is 1070. The van der Waals surface area contributed by atoms with Crippen LogP contribution in [-0.4, -0.2) is 33.4 Å². The molecule has 0 saturated carbocycles. The van der Waals surface area contributed by atoms with E-state index in [9.17, 15) is 9.59 Å². The van der Waals surface area contributed by atoms with E-state index in [1.54, 1.807) is 56.5 Å². The van der Waals surface area contributed by atoms with Gasteiger partial charge in [-0.3, -0.25) is 0 Å². The van der Waals surface area contributed by atoms with Crippen molar-refractivity contribution in [2.75, 3.05) is 21.3 Å². The van der Waals surface area contributed by atoms with E-state index in [4.69, 9.17) is 18.6 Å². The highest BCUT2D eigenvalue weighted by molar-refractivity contribution is 5.84. The molecule has 0 aliphatic rings. The van der Waals surface area contributed by atoms with Crippen molar-refractivity contribution >= 4 is 16.9 Å². The van der Waals surface area contributed by atoms with Crippen LogP contribution in [0.1, 0.15) is 6.92 Å². The van der Waals surface area contributed by atoms with Gasteiger partial charge >= 0.3 is 11.6 Å². The van der Waals surface area contributed by atoms with Crippen molar-refractivity contribution in [2.45, 2.75) is 13.0 Å². The average Bonchev–Trinajstić information content (AvgIpc) is 2.72. The van der Waals surface area contributed by atoms with Crippen molar-refractivity contribution < 1.29 is 28.2 Å². The highest BCUT2D eigenvalue weighted by Crippen LogP contribution is 2.33. The van der Waals surface area contributed by atoms with E-state index in [0.29, 0.717) is 39.3 Å². The predicted octanol–water partition coefficient (Wildman–Crippen LogP) is 3.42. The van der Waals surface area contributed by atoms with Crippen molar-refractivity contribution in [3.8, 4) is 28.4 Å². The molecule has 7 heteroatoms. The number of fused-ring (bicyclic) bond motifs is 1. The lowest BCUT2D eigenvalue weighted by Gasteiger charge is -2.13. The molecule has 0 aliphatic carbocycles. The zero-order valence-electron chi connectivity index (χ0n) is 16.0. The normalized spacial score (nSPS) is 11.7. The van der Waals surface area contributed by atoms with Gasteiger partial charge in [0.1, 0.15) is 22.8 Å². The van der Waals surface area contributed by atoms with Crippen LogP contribution in [-0.2, 0) is 9.53 Å². The van der Waals surface area contributed by atoms with E-state index in [0.717, 1.165) is 0 Å². The van der Waals surface area contributed by atoms with Gasteiger partial charge in [0.05, 0.1) is 26.9 Å². The molecule has 0 aliphatic heterocycles. The zero-order chi connectivity index (χ0) is 20.3. The third-order valence-electron chi connectivity index (χ3n) is 4.25. The molecule has 2 aromatic carbocycles. The first-order valence-electron chi connectivity index (χ1n) is 8.51. The lowest BCUT2D eigenvalue weighted by Crippen LogP contribution is -2.24. The van der Waals surface area contributed by atoms with Crippen LogP contribution in [0.2, 0.25) is 0 Å². The summed E-state index contributed by atoms with van der Waals surface area (Å²) in [6.45, 7) is 1.57. The van der Waals surface area contributed by atoms with Gasteiger partial charge in [-0.15, -0.1) is 0 Å². The summed E-state index contributed by atoms with van der Waals surface area (Å²) in [4.78, 5) is 24.1. The van der Waals surface area contributed by atoms with Crippen LogP contribution in [0.5, 0.6) is 17.2 Å². The molecule has 146 valence electrons. The molecule has 1 atom stereocenters. The SMILES string of the molecule is COC(=O)C(C)Oc1ccc2cc(-c3cc(OC)ccc3OC)c(=O)oc2c1. The maximum Gasteiger partial charge on any atom is 0.346 e. The van der Waals surface area contributed by atoms with E-state index in [1.807, 2.05) is 0 Å². The summed E-state index contributed by atoms with van der Waals surface area (Å²) in [5.74, 6) is 1.01. The van der Waals surface area contributed by atoms with Gasteiger partial charge in [-0.05, 0) is 43.3 Å². The molecule has 0 spiro atoms. The molecule has 0 radical (unpaired) electrons. The Morgan fingerprint density at radius 1 is 0.929 bits per heavy atom. The first-order valence-corrected chi connectivity index (χ1v) is 8.51. The predicted molar refractivity (Wildman–Crippen MR) is 103 cm³/mol. The van der Waals surface area contributed by atoms with Crippen LogP contribution >= 0.6 is 0 Å². The first kappa shape index (κ1) is 19.3. The summed E-state index contributed by atoms with van der Waals surface area (Å²) in [5, 5.41) is 0.692. The topological polar surface area (TPSA) is 84.2 Å². The van der Waals surface area contributed by atoms with Crippen molar-refractivity contribution in [3.63, 3.8) is 0 Å². The Morgan fingerprint density at radius 3 is 2.36 bits per heavy atom. The monoisotopic (exact) mass is 384 g/mol. The number of rotatable bonds is 6. The minimum Gasteiger partial charge on any atom is -0.497 e. The van der Waals surface area contributed by atoms with Crippen LogP contribution in [0.4, 0.5) is 0 Å². The summed E-state index contributed by atoms with van der Waals surface area (Å²) < 4.78 is 26.2. The second kappa shape index (κ2) is 8.04. The minimum atomic E-state index is -0.783. The number of benzene rings is 2. The van der Waals surface area contributed by atoms with Gasteiger partial charge < -0.3 is 23.4 Å². The molecule has 3 rings (SSSR count). The first-order chi connectivity index (χ1) is 13.5. The number of carbonyl (C=O) groups is 1. The molecule has 28 heavy (non-hydrogen) atoms. The molecule has 0 bridgehead atoms. The summed E-state index contributed by atoms with van der Waals surface area (Å²) in [5.41, 5.74) is 0.722. The average molecular weight is 384 g/mol. The van der Waals surface area contributed by atoms with Crippen molar-refractivity contribution in [2.24, 2.45) is 0 Å². The van der Waals surface area contributed by atoms with Gasteiger partial charge in [-0.25, -0.2) is 9.59 Å². The fourth-order valence-corrected chi connectivity index (χ4v) is 2.80. The number of hydrogen-bond acceptors (Lipinski definition) is 7. The lowest BCUT2D eigenvalue weighted by atomic mass is 10.0. The van der Waals surface area contributed by atoms with Crippen LogP contribution in [0.3, 0.4) is 0 Å². The molecule has 1 heterocycles. The Morgan fingerprint density at radius 2 is 1.68 bits per heavy atom. The summed E-state index contributed by atoms with van der Waals surface area (Å²) in [6.07, 6.45) is -0.783. The van der Waals surface area contributed by atoms with Gasteiger partial charge in [-0.2, -0.15) is 0 Å². The minimum absolute atomic E-state index is 0.338. The van der Waals surface area contributed by atoms with E-state index in [2.05, 4.69) is 4.74 Å². The molecule has 1 unspecified atom stereocenters. The van der Waals surface area contributed by atoms with Gasteiger partial charge in [0.15, 0.2) is 6.10 Å².